The van der Waals surface area contributed by atoms with Crippen LogP contribution in [-0.4, -0.2) is 47.1 Å². The predicted molar refractivity (Wildman–Crippen MR) is 131 cm³/mol. The molecular weight excluding hydrogens is 508 g/mol. The fourth-order valence-corrected chi connectivity index (χ4v) is 4.34. The zero-order valence-electron chi connectivity index (χ0n) is 21.4. The summed E-state index contributed by atoms with van der Waals surface area (Å²) in [5.74, 6) is -8.49. The first-order chi connectivity index (χ1) is 17.8. The van der Waals surface area contributed by atoms with Crippen LogP contribution >= 0.6 is 0 Å². The third kappa shape index (κ3) is 8.42. The number of hydrogen-bond donors (Lipinski definition) is 2. The maximum atomic E-state index is 14.8. The van der Waals surface area contributed by atoms with E-state index in [4.69, 9.17) is 4.74 Å². The predicted octanol–water partition coefficient (Wildman–Crippen LogP) is 5.06. The van der Waals surface area contributed by atoms with Crippen LogP contribution in [-0.2, 0) is 29.8 Å². The Morgan fingerprint density at radius 2 is 1.71 bits per heavy atom. The van der Waals surface area contributed by atoms with Crippen molar-refractivity contribution in [3.8, 4) is 11.5 Å². The van der Waals surface area contributed by atoms with E-state index in [1.807, 2.05) is 0 Å². The van der Waals surface area contributed by atoms with Crippen LogP contribution in [0.2, 0.25) is 0 Å². The van der Waals surface area contributed by atoms with Crippen LogP contribution in [0, 0.1) is 16.0 Å². The zero-order chi connectivity index (χ0) is 28.5. The van der Waals surface area contributed by atoms with Crippen molar-refractivity contribution in [3.05, 3.63) is 57.2 Å². The van der Waals surface area contributed by atoms with E-state index in [-0.39, 0.29) is 37.7 Å². The molecule has 38 heavy (non-hydrogen) atoms. The number of halogens is 2. The summed E-state index contributed by atoms with van der Waals surface area (Å²) >= 11 is 0. The van der Waals surface area contributed by atoms with Gasteiger partial charge in [-0.1, -0.05) is 24.6 Å². The normalized spacial score (nSPS) is 17.3. The van der Waals surface area contributed by atoms with Gasteiger partial charge in [-0.3, -0.25) is 4.79 Å². The van der Waals surface area contributed by atoms with Gasteiger partial charge in [0.15, 0.2) is 0 Å². The molecule has 1 aromatic rings. The molecule has 210 valence electrons. The second kappa shape index (κ2) is 13.7. The van der Waals surface area contributed by atoms with Gasteiger partial charge in [-0.05, 0) is 62.7 Å². The smallest absolute Gasteiger partial charge is 0.381 e. The topological polar surface area (TPSA) is 145 Å². The minimum Gasteiger partial charge on any atom is -0.507 e. The molecule has 2 rings (SSSR count). The lowest BCUT2D eigenvalue weighted by Gasteiger charge is -2.32. The number of carbonyl (C=O) groups excluding carboxylic acids is 2. The summed E-state index contributed by atoms with van der Waals surface area (Å²) in [4.78, 5) is 37.5. The molecule has 0 bridgehead atoms. The van der Waals surface area contributed by atoms with Gasteiger partial charge in [-0.15, -0.1) is 10.1 Å². The van der Waals surface area contributed by atoms with Crippen LogP contribution in [0.3, 0.4) is 0 Å². The first kappa shape index (κ1) is 30.5. The van der Waals surface area contributed by atoms with Crippen molar-refractivity contribution in [1.29, 1.82) is 0 Å². The minimum atomic E-state index is -4.14. The van der Waals surface area contributed by atoms with E-state index in [2.05, 4.69) is 16.2 Å². The average Bonchev–Trinajstić information content (AvgIpc) is 2.83. The number of allylic oxidation sites excluding steroid dienone is 2. The van der Waals surface area contributed by atoms with Gasteiger partial charge in [0.25, 0.3) is 5.09 Å². The second-order valence-electron chi connectivity index (χ2n) is 9.23. The molecule has 2 atom stereocenters. The van der Waals surface area contributed by atoms with Crippen LogP contribution in [0.1, 0.15) is 69.4 Å². The summed E-state index contributed by atoms with van der Waals surface area (Å²) in [7, 11) is 0. The molecule has 0 saturated carbocycles. The maximum absolute atomic E-state index is 14.8. The van der Waals surface area contributed by atoms with Gasteiger partial charge in [0.2, 0.25) is 0 Å². The molecule has 0 heterocycles. The van der Waals surface area contributed by atoms with Crippen LogP contribution in [0.25, 0.3) is 0 Å². The Hall–Kier alpha value is -3.70. The number of alkyl halides is 2. The van der Waals surface area contributed by atoms with Crippen molar-refractivity contribution in [1.82, 2.24) is 0 Å². The van der Waals surface area contributed by atoms with E-state index in [1.54, 1.807) is 13.0 Å². The zero-order valence-corrected chi connectivity index (χ0v) is 21.4. The summed E-state index contributed by atoms with van der Waals surface area (Å²) in [6, 6.07) is 1.46. The molecule has 0 unspecified atom stereocenters. The molecule has 1 aliphatic rings. The van der Waals surface area contributed by atoms with Crippen molar-refractivity contribution < 1.29 is 48.0 Å². The van der Waals surface area contributed by atoms with Gasteiger partial charge < -0.3 is 24.5 Å². The molecule has 2 N–H and O–H groups in total. The number of benzene rings is 1. The van der Waals surface area contributed by atoms with E-state index < -0.39 is 45.9 Å². The lowest BCUT2D eigenvalue weighted by atomic mass is 9.73. The van der Waals surface area contributed by atoms with E-state index in [0.717, 1.165) is 23.3 Å². The largest absolute Gasteiger partial charge is 0.507 e. The molecule has 0 saturated heterocycles. The number of ether oxygens (including phenoxy) is 2. The third-order valence-electron chi connectivity index (χ3n) is 6.28. The molecule has 0 radical (unpaired) electrons. The van der Waals surface area contributed by atoms with Crippen molar-refractivity contribution in [2.45, 2.75) is 64.2 Å². The summed E-state index contributed by atoms with van der Waals surface area (Å²) in [6.07, 6.45) is 4.57. The maximum Gasteiger partial charge on any atom is 0.381 e. The second-order valence-corrected chi connectivity index (χ2v) is 9.23. The van der Waals surface area contributed by atoms with Crippen LogP contribution < -0.4 is 0 Å². The number of carbonyl (C=O) groups is 2. The van der Waals surface area contributed by atoms with E-state index >= 15 is 0 Å². The molecule has 12 heteroatoms. The standard InChI is InChI=1S/C26H33F2NO9/c1-16(2)20-9-8-18(15-37-17(3)30)12-21(20)24-22(31)13-19(14-23(24)32)26(27,28)25(33)36-10-6-4-5-7-11-38-29(34)35/h12-14,20-21,31-32H,1,4-11,15H2,2-3H3/t20-,21+/m1/s1. The Kier molecular flexibility index (Phi) is 11.0. The molecule has 0 aliphatic heterocycles. The Morgan fingerprint density at radius 1 is 1.11 bits per heavy atom. The molecule has 1 aliphatic carbocycles. The summed E-state index contributed by atoms with van der Waals surface area (Å²) in [5, 5.41) is 30.5. The van der Waals surface area contributed by atoms with Crippen LogP contribution in [0.4, 0.5) is 8.78 Å². The SMILES string of the molecule is C=C(C)[C@H]1CCC(COC(C)=O)=C[C@@H]1c1c(O)cc(C(F)(F)C(=O)OCCCCCCO[N+](=O)[O-])cc1O. The van der Waals surface area contributed by atoms with Crippen molar-refractivity contribution >= 4 is 11.9 Å². The van der Waals surface area contributed by atoms with E-state index in [1.165, 1.54) is 6.92 Å². The Bertz CT molecular complexity index is 1050. The molecule has 0 spiro atoms. The first-order valence-corrected chi connectivity index (χ1v) is 12.2. The number of phenolic OH excluding ortho intramolecular Hbond substituents is 2. The number of nitrogens with zero attached hydrogens (tertiary/aromatic N) is 1. The fraction of sp³-hybridized carbons (Fsp3) is 0.538. The van der Waals surface area contributed by atoms with Crippen LogP contribution in [0.5, 0.6) is 11.5 Å². The number of aromatic hydroxyl groups is 2. The summed E-state index contributed by atoms with van der Waals surface area (Å²) in [6.45, 7) is 6.69. The fourth-order valence-electron chi connectivity index (χ4n) is 4.34. The summed E-state index contributed by atoms with van der Waals surface area (Å²) < 4.78 is 39.4. The van der Waals surface area contributed by atoms with Gasteiger partial charge in [0, 0.05) is 24.0 Å². The number of phenols is 2. The van der Waals surface area contributed by atoms with Gasteiger partial charge >= 0.3 is 17.9 Å². The molecule has 1 aromatic carbocycles. The van der Waals surface area contributed by atoms with Gasteiger partial charge in [-0.25, -0.2) is 4.79 Å². The molecule has 10 nitrogen and oxygen atoms in total. The Labute approximate surface area is 219 Å². The average molecular weight is 542 g/mol. The Balaban J connectivity index is 2.12. The first-order valence-electron chi connectivity index (χ1n) is 12.2. The number of esters is 2. The number of rotatable bonds is 14. The highest BCUT2D eigenvalue weighted by Gasteiger charge is 2.44. The van der Waals surface area contributed by atoms with Gasteiger partial charge in [0.1, 0.15) is 18.1 Å². The van der Waals surface area contributed by atoms with E-state index in [9.17, 15) is 38.7 Å². The lowest BCUT2D eigenvalue weighted by molar-refractivity contribution is -0.757. The van der Waals surface area contributed by atoms with Crippen molar-refractivity contribution in [3.63, 3.8) is 0 Å². The minimum absolute atomic E-state index is 0.00648. The molecule has 0 fully saturated rings. The molecule has 0 aromatic heterocycles. The van der Waals surface area contributed by atoms with Gasteiger partial charge in [0.05, 0.1) is 13.2 Å². The monoisotopic (exact) mass is 541 g/mol. The van der Waals surface area contributed by atoms with Crippen LogP contribution in [0.15, 0.2) is 35.9 Å². The summed E-state index contributed by atoms with van der Waals surface area (Å²) in [5.41, 5.74) is 0.599. The molecular formula is C26H33F2NO9. The highest BCUT2D eigenvalue weighted by molar-refractivity contribution is 5.80. The van der Waals surface area contributed by atoms with Crippen molar-refractivity contribution in [2.75, 3.05) is 19.8 Å². The molecule has 0 amide bonds. The number of hydrogen-bond acceptors (Lipinski definition) is 9. The highest BCUT2D eigenvalue weighted by atomic mass is 19.3. The van der Waals surface area contributed by atoms with E-state index in [0.29, 0.717) is 32.1 Å². The lowest BCUT2D eigenvalue weighted by Crippen LogP contribution is -2.29. The third-order valence-corrected chi connectivity index (χ3v) is 6.28. The quantitative estimate of drug-likeness (QED) is 0.108. The van der Waals surface area contributed by atoms with Crippen molar-refractivity contribution in [2.24, 2.45) is 5.92 Å². The highest BCUT2D eigenvalue weighted by Crippen LogP contribution is 2.48. The van der Waals surface area contributed by atoms with Gasteiger partial charge in [-0.2, -0.15) is 8.78 Å². The number of unbranched alkanes of at least 4 members (excludes halogenated alkanes) is 3. The Morgan fingerprint density at radius 3 is 2.26 bits per heavy atom.